The molecule has 0 bridgehead atoms. The molecule has 0 aliphatic carbocycles. The first-order valence-corrected chi connectivity index (χ1v) is 7.65. The summed E-state index contributed by atoms with van der Waals surface area (Å²) in [5, 5.41) is 0. The second kappa shape index (κ2) is 6.13. The van der Waals surface area contributed by atoms with Gasteiger partial charge in [0.05, 0.1) is 0 Å². The largest absolute Gasteiger partial charge is 0.339 e. The van der Waals surface area contributed by atoms with Gasteiger partial charge in [0.15, 0.2) is 0 Å². The molecule has 0 spiro atoms. The minimum Gasteiger partial charge on any atom is -0.339 e. The first-order valence-electron chi connectivity index (χ1n) is 7.65. The number of hydrogen-bond acceptors (Lipinski definition) is 1. The lowest BCUT2D eigenvalue weighted by atomic mass is 9.89. The number of rotatable bonds is 2. The van der Waals surface area contributed by atoms with Crippen molar-refractivity contribution in [2.24, 2.45) is 0 Å². The average molecular weight is 279 g/mol. The summed E-state index contributed by atoms with van der Waals surface area (Å²) in [4.78, 5) is 14.5. The molecule has 1 aliphatic heterocycles. The van der Waals surface area contributed by atoms with Crippen LogP contribution in [0.15, 0.2) is 54.6 Å². The average Bonchev–Trinajstić information content (AvgIpc) is 2.55. The summed E-state index contributed by atoms with van der Waals surface area (Å²) >= 11 is 0. The molecule has 2 nitrogen and oxygen atoms in total. The second-order valence-electron chi connectivity index (χ2n) is 5.85. The Bertz CT molecular complexity index is 612. The van der Waals surface area contributed by atoms with Crippen molar-refractivity contribution in [2.75, 3.05) is 13.1 Å². The normalized spacial score (nSPS) is 16.0. The predicted octanol–water partition coefficient (Wildman–Crippen LogP) is 4.01. The van der Waals surface area contributed by atoms with Crippen molar-refractivity contribution in [2.45, 2.75) is 25.7 Å². The Morgan fingerprint density at radius 2 is 1.71 bits per heavy atom. The molecule has 21 heavy (non-hydrogen) atoms. The van der Waals surface area contributed by atoms with E-state index in [1.165, 1.54) is 5.56 Å². The molecule has 1 aliphatic rings. The van der Waals surface area contributed by atoms with Gasteiger partial charge in [-0.25, -0.2) is 0 Å². The van der Waals surface area contributed by atoms with E-state index in [4.69, 9.17) is 0 Å². The van der Waals surface area contributed by atoms with Crippen molar-refractivity contribution in [3.05, 3.63) is 71.3 Å². The highest BCUT2D eigenvalue weighted by Gasteiger charge is 2.24. The predicted molar refractivity (Wildman–Crippen MR) is 85.5 cm³/mol. The van der Waals surface area contributed by atoms with E-state index in [-0.39, 0.29) is 5.91 Å². The molecule has 0 N–H and O–H groups in total. The highest BCUT2D eigenvalue weighted by atomic mass is 16.2. The van der Waals surface area contributed by atoms with Crippen LogP contribution < -0.4 is 0 Å². The molecule has 3 rings (SSSR count). The highest BCUT2D eigenvalue weighted by molar-refractivity contribution is 5.94. The Morgan fingerprint density at radius 3 is 2.38 bits per heavy atom. The third-order valence-corrected chi connectivity index (χ3v) is 4.32. The van der Waals surface area contributed by atoms with Gasteiger partial charge >= 0.3 is 0 Å². The van der Waals surface area contributed by atoms with Crippen LogP contribution in [0.5, 0.6) is 0 Å². The number of benzene rings is 2. The molecule has 2 aromatic carbocycles. The van der Waals surface area contributed by atoms with Crippen LogP contribution in [-0.2, 0) is 0 Å². The van der Waals surface area contributed by atoms with Crippen molar-refractivity contribution in [3.8, 4) is 0 Å². The van der Waals surface area contributed by atoms with Crippen LogP contribution in [0.3, 0.4) is 0 Å². The first kappa shape index (κ1) is 13.9. The Labute approximate surface area is 126 Å². The lowest BCUT2D eigenvalue weighted by Crippen LogP contribution is -2.37. The fraction of sp³-hybridized carbons (Fsp3) is 0.316. The van der Waals surface area contributed by atoms with Crippen molar-refractivity contribution in [3.63, 3.8) is 0 Å². The quantitative estimate of drug-likeness (QED) is 0.813. The minimum atomic E-state index is 0.171. The molecule has 0 unspecified atom stereocenters. The number of carbonyl (C=O) groups is 1. The third-order valence-electron chi connectivity index (χ3n) is 4.32. The second-order valence-corrected chi connectivity index (χ2v) is 5.85. The number of likely N-dealkylation sites (tertiary alicyclic amines) is 1. The van der Waals surface area contributed by atoms with Crippen molar-refractivity contribution in [1.29, 1.82) is 0 Å². The van der Waals surface area contributed by atoms with Crippen LogP contribution in [0.4, 0.5) is 0 Å². The van der Waals surface area contributed by atoms with Crippen molar-refractivity contribution >= 4 is 5.91 Å². The van der Waals surface area contributed by atoms with Gasteiger partial charge in [-0.1, -0.05) is 48.0 Å². The molecule has 1 fully saturated rings. The van der Waals surface area contributed by atoms with Gasteiger partial charge in [-0.3, -0.25) is 4.79 Å². The van der Waals surface area contributed by atoms with Gasteiger partial charge in [-0.15, -0.1) is 0 Å². The lowest BCUT2D eigenvalue weighted by Gasteiger charge is -2.32. The SMILES string of the molecule is Cc1cccc(C(=O)N2CCC(c3ccccc3)CC2)c1. The molecule has 2 heteroatoms. The van der Waals surface area contributed by atoms with Gasteiger partial charge in [0, 0.05) is 18.7 Å². The summed E-state index contributed by atoms with van der Waals surface area (Å²) in [5.41, 5.74) is 3.35. The summed E-state index contributed by atoms with van der Waals surface area (Å²) in [6, 6.07) is 18.5. The fourth-order valence-electron chi connectivity index (χ4n) is 3.10. The number of piperidine rings is 1. The zero-order chi connectivity index (χ0) is 14.7. The van der Waals surface area contributed by atoms with Gasteiger partial charge in [0.2, 0.25) is 0 Å². The van der Waals surface area contributed by atoms with E-state index in [1.807, 2.05) is 36.1 Å². The van der Waals surface area contributed by atoms with Gasteiger partial charge in [0.25, 0.3) is 5.91 Å². The van der Waals surface area contributed by atoms with Crippen LogP contribution in [0.25, 0.3) is 0 Å². The van der Waals surface area contributed by atoms with Gasteiger partial charge in [0.1, 0.15) is 0 Å². The summed E-state index contributed by atoms with van der Waals surface area (Å²) in [6.07, 6.45) is 2.11. The monoisotopic (exact) mass is 279 g/mol. The maximum absolute atomic E-state index is 12.5. The van der Waals surface area contributed by atoms with Crippen molar-refractivity contribution < 1.29 is 4.79 Å². The Kier molecular flexibility index (Phi) is 4.05. The fourth-order valence-corrected chi connectivity index (χ4v) is 3.10. The summed E-state index contributed by atoms with van der Waals surface area (Å²) in [6.45, 7) is 3.73. The van der Waals surface area contributed by atoms with Crippen LogP contribution in [-0.4, -0.2) is 23.9 Å². The summed E-state index contributed by atoms with van der Waals surface area (Å²) in [7, 11) is 0. The number of aryl methyl sites for hydroxylation is 1. The summed E-state index contributed by atoms with van der Waals surface area (Å²) in [5.74, 6) is 0.762. The van der Waals surface area contributed by atoms with Gasteiger partial charge < -0.3 is 4.90 Å². The molecule has 1 saturated heterocycles. The van der Waals surface area contributed by atoms with Crippen molar-refractivity contribution in [1.82, 2.24) is 4.90 Å². The topological polar surface area (TPSA) is 20.3 Å². The van der Waals surface area contributed by atoms with E-state index in [2.05, 4.69) is 30.3 Å². The third kappa shape index (κ3) is 3.15. The minimum absolute atomic E-state index is 0.171. The van der Waals surface area contributed by atoms with E-state index in [1.54, 1.807) is 0 Å². The van der Waals surface area contributed by atoms with E-state index in [9.17, 15) is 4.79 Å². The molecule has 1 heterocycles. The number of nitrogens with zero attached hydrogens (tertiary/aromatic N) is 1. The van der Waals surface area contributed by atoms with Crippen LogP contribution >= 0.6 is 0 Å². The molecule has 108 valence electrons. The van der Waals surface area contributed by atoms with Gasteiger partial charge in [-0.2, -0.15) is 0 Å². The van der Waals surface area contributed by atoms with E-state index < -0.39 is 0 Å². The van der Waals surface area contributed by atoms with Crippen LogP contribution in [0.2, 0.25) is 0 Å². The lowest BCUT2D eigenvalue weighted by molar-refractivity contribution is 0.0713. The number of hydrogen-bond donors (Lipinski definition) is 0. The summed E-state index contributed by atoms with van der Waals surface area (Å²) < 4.78 is 0. The molecule has 0 atom stereocenters. The van der Waals surface area contributed by atoms with Gasteiger partial charge in [-0.05, 0) is 43.4 Å². The number of amides is 1. The zero-order valence-electron chi connectivity index (χ0n) is 12.5. The van der Waals surface area contributed by atoms with Crippen LogP contribution in [0, 0.1) is 6.92 Å². The van der Waals surface area contributed by atoms with E-state index >= 15 is 0 Å². The molecular weight excluding hydrogens is 258 g/mol. The van der Waals surface area contributed by atoms with Crippen LogP contribution in [0.1, 0.15) is 40.2 Å². The zero-order valence-corrected chi connectivity index (χ0v) is 12.5. The Hall–Kier alpha value is -2.09. The standard InChI is InChI=1S/C19H21NO/c1-15-6-5-9-18(14-15)19(21)20-12-10-17(11-13-20)16-7-3-2-4-8-16/h2-9,14,17H,10-13H2,1H3. The smallest absolute Gasteiger partial charge is 0.253 e. The molecule has 0 saturated carbocycles. The molecular formula is C19H21NO. The molecule has 2 aromatic rings. The highest BCUT2D eigenvalue weighted by Crippen LogP contribution is 2.28. The van der Waals surface area contributed by atoms with E-state index in [0.717, 1.165) is 37.1 Å². The molecule has 0 radical (unpaired) electrons. The molecule has 0 aromatic heterocycles. The molecule has 1 amide bonds. The Balaban J connectivity index is 1.64. The first-order chi connectivity index (χ1) is 10.2. The Morgan fingerprint density at radius 1 is 1.00 bits per heavy atom. The number of carbonyl (C=O) groups excluding carboxylic acids is 1. The maximum Gasteiger partial charge on any atom is 0.253 e. The van der Waals surface area contributed by atoms with E-state index in [0.29, 0.717) is 5.92 Å². The maximum atomic E-state index is 12.5.